The first-order valence-electron chi connectivity index (χ1n) is 7.66. The molecular weight excluding hydrogens is 314 g/mol. The third-order valence-electron chi connectivity index (χ3n) is 3.49. The minimum atomic E-state index is -3.29. The molecule has 0 spiro atoms. The maximum Gasteiger partial charge on any atom is 0.314 e. The molecule has 6 nitrogen and oxygen atoms in total. The van der Waals surface area contributed by atoms with E-state index in [4.69, 9.17) is 0 Å². The van der Waals surface area contributed by atoms with Gasteiger partial charge in [-0.15, -0.1) is 0 Å². The molecule has 23 heavy (non-hydrogen) atoms. The molecule has 0 aliphatic carbocycles. The molecule has 0 atom stereocenters. The Morgan fingerprint density at radius 3 is 2.13 bits per heavy atom. The van der Waals surface area contributed by atoms with Crippen molar-refractivity contribution in [1.82, 2.24) is 15.4 Å². The number of benzene rings is 1. The van der Waals surface area contributed by atoms with Gasteiger partial charge in [-0.1, -0.05) is 45.0 Å². The van der Waals surface area contributed by atoms with E-state index in [0.29, 0.717) is 6.54 Å². The predicted molar refractivity (Wildman–Crippen MR) is 93.1 cm³/mol. The van der Waals surface area contributed by atoms with Gasteiger partial charge in [0.2, 0.25) is 10.0 Å². The summed E-state index contributed by atoms with van der Waals surface area (Å²) in [4.78, 5) is 11.6. The average Bonchev–Trinajstić information content (AvgIpc) is 2.46. The van der Waals surface area contributed by atoms with E-state index in [-0.39, 0.29) is 23.7 Å². The molecule has 0 saturated carbocycles. The summed E-state index contributed by atoms with van der Waals surface area (Å²) >= 11 is 0. The van der Waals surface area contributed by atoms with Crippen molar-refractivity contribution in [2.45, 2.75) is 32.6 Å². The van der Waals surface area contributed by atoms with Crippen LogP contribution in [-0.4, -0.2) is 40.3 Å². The van der Waals surface area contributed by atoms with Gasteiger partial charge in [-0.2, -0.15) is 0 Å². The molecule has 3 N–H and O–H groups in total. The van der Waals surface area contributed by atoms with Crippen molar-refractivity contribution < 1.29 is 13.2 Å². The molecule has 0 aliphatic rings. The van der Waals surface area contributed by atoms with Gasteiger partial charge in [-0.3, -0.25) is 0 Å². The maximum atomic E-state index is 11.6. The number of carbonyl (C=O) groups is 1. The van der Waals surface area contributed by atoms with Gasteiger partial charge in [-0.25, -0.2) is 17.9 Å². The van der Waals surface area contributed by atoms with Crippen LogP contribution in [0.25, 0.3) is 0 Å². The molecule has 0 aromatic heterocycles. The summed E-state index contributed by atoms with van der Waals surface area (Å²) in [6.07, 6.45) is 0.729. The summed E-state index contributed by atoms with van der Waals surface area (Å²) in [6, 6.07) is 8.00. The first-order valence-corrected chi connectivity index (χ1v) is 9.31. The summed E-state index contributed by atoms with van der Waals surface area (Å²) < 4.78 is 24.6. The summed E-state index contributed by atoms with van der Waals surface area (Å²) in [5.41, 5.74) is 2.55. The predicted octanol–water partition coefficient (Wildman–Crippen LogP) is 1.38. The first-order chi connectivity index (χ1) is 10.6. The van der Waals surface area contributed by atoms with Gasteiger partial charge < -0.3 is 10.6 Å². The highest BCUT2D eigenvalue weighted by Gasteiger charge is 2.12. The van der Waals surface area contributed by atoms with E-state index in [9.17, 15) is 13.2 Å². The zero-order chi connectivity index (χ0) is 17.5. The highest BCUT2D eigenvalue weighted by atomic mass is 32.2. The fraction of sp³-hybridized carbons (Fsp3) is 0.562. The van der Waals surface area contributed by atoms with Gasteiger partial charge in [0.25, 0.3) is 0 Å². The quantitative estimate of drug-likeness (QED) is 0.700. The highest BCUT2D eigenvalue weighted by molar-refractivity contribution is 7.89. The fourth-order valence-electron chi connectivity index (χ4n) is 1.96. The van der Waals surface area contributed by atoms with E-state index in [1.165, 1.54) is 12.6 Å². The Bertz CT molecular complexity index is 604. The van der Waals surface area contributed by atoms with Gasteiger partial charge in [0.15, 0.2) is 0 Å². The second-order valence-corrected chi connectivity index (χ2v) is 8.45. The van der Waals surface area contributed by atoms with Crippen LogP contribution in [-0.2, 0) is 21.9 Å². The Balaban J connectivity index is 2.30. The monoisotopic (exact) mass is 341 g/mol. The van der Waals surface area contributed by atoms with Gasteiger partial charge in [0, 0.05) is 13.1 Å². The molecule has 7 heteroatoms. The van der Waals surface area contributed by atoms with Crippen LogP contribution in [0, 0.1) is 0 Å². The van der Waals surface area contributed by atoms with E-state index in [1.54, 1.807) is 0 Å². The van der Waals surface area contributed by atoms with Crippen LogP contribution in [0.5, 0.6) is 0 Å². The van der Waals surface area contributed by atoms with E-state index in [0.717, 1.165) is 12.0 Å². The van der Waals surface area contributed by atoms with Gasteiger partial charge >= 0.3 is 6.03 Å². The molecular formula is C16H27N3O3S. The number of hydrogen-bond acceptors (Lipinski definition) is 3. The smallest absolute Gasteiger partial charge is 0.314 e. The molecule has 0 radical (unpaired) electrons. The summed E-state index contributed by atoms with van der Waals surface area (Å²) in [5, 5.41) is 5.23. The lowest BCUT2D eigenvalue weighted by atomic mass is 9.86. The van der Waals surface area contributed by atoms with Crippen LogP contribution in [0.15, 0.2) is 24.3 Å². The Labute approximate surface area is 139 Å². The number of hydrogen-bond donors (Lipinski definition) is 3. The first kappa shape index (κ1) is 19.4. The number of carbonyl (C=O) groups excluding carboxylic acids is 1. The average molecular weight is 341 g/mol. The SMILES string of the molecule is CNS(=O)(=O)CCNC(=O)NCCc1ccc(C(C)(C)C)cc1. The Hall–Kier alpha value is -1.60. The molecule has 1 aromatic rings. The van der Waals surface area contributed by atoms with Crippen LogP contribution in [0.1, 0.15) is 31.9 Å². The molecule has 0 unspecified atom stereocenters. The van der Waals surface area contributed by atoms with Crippen LogP contribution < -0.4 is 15.4 Å². The van der Waals surface area contributed by atoms with E-state index in [1.807, 2.05) is 0 Å². The minimum absolute atomic E-state index is 0.0787. The van der Waals surface area contributed by atoms with Crippen LogP contribution >= 0.6 is 0 Å². The lowest BCUT2D eigenvalue weighted by Crippen LogP contribution is -2.40. The minimum Gasteiger partial charge on any atom is -0.338 e. The maximum absolute atomic E-state index is 11.6. The standard InChI is InChI=1S/C16H27N3O3S/c1-16(2,3)14-7-5-13(6-8-14)9-10-18-15(20)19-11-12-23(21,22)17-4/h5-8,17H,9-12H2,1-4H3,(H2,18,19,20). The van der Waals surface area contributed by atoms with Gasteiger partial charge in [0.05, 0.1) is 5.75 Å². The molecule has 130 valence electrons. The van der Waals surface area contributed by atoms with Crippen molar-refractivity contribution >= 4 is 16.1 Å². The van der Waals surface area contributed by atoms with Crippen molar-refractivity contribution in [3.8, 4) is 0 Å². The second-order valence-electron chi connectivity index (χ2n) is 6.40. The topological polar surface area (TPSA) is 87.3 Å². The molecule has 0 aliphatic heterocycles. The molecule has 1 aromatic carbocycles. The third kappa shape index (κ3) is 7.47. The molecule has 2 amide bonds. The largest absolute Gasteiger partial charge is 0.338 e. The number of sulfonamides is 1. The fourth-order valence-corrected chi connectivity index (χ4v) is 2.53. The van der Waals surface area contributed by atoms with E-state index >= 15 is 0 Å². The van der Waals surface area contributed by atoms with Gasteiger partial charge in [0.1, 0.15) is 0 Å². The highest BCUT2D eigenvalue weighted by Crippen LogP contribution is 2.22. The normalized spacial score (nSPS) is 12.0. The van der Waals surface area contributed by atoms with Crippen LogP contribution in [0.2, 0.25) is 0 Å². The lowest BCUT2D eigenvalue weighted by Gasteiger charge is -2.19. The number of rotatable bonds is 7. The molecule has 0 heterocycles. The zero-order valence-electron chi connectivity index (χ0n) is 14.3. The Kier molecular flexibility index (Phi) is 7.02. The Morgan fingerprint density at radius 1 is 1.04 bits per heavy atom. The lowest BCUT2D eigenvalue weighted by molar-refractivity contribution is 0.241. The summed E-state index contributed by atoms with van der Waals surface area (Å²) in [6.45, 7) is 7.08. The number of nitrogens with one attached hydrogen (secondary N) is 3. The molecule has 0 fully saturated rings. The van der Waals surface area contributed by atoms with E-state index in [2.05, 4.69) is 60.4 Å². The zero-order valence-corrected chi connectivity index (χ0v) is 15.1. The molecule has 1 rings (SSSR count). The summed E-state index contributed by atoms with van der Waals surface area (Å²) in [5.74, 6) is -0.134. The van der Waals surface area contributed by atoms with Crippen molar-refractivity contribution in [3.63, 3.8) is 0 Å². The number of urea groups is 1. The third-order valence-corrected chi connectivity index (χ3v) is 4.85. The van der Waals surface area contributed by atoms with Crippen molar-refractivity contribution in [1.29, 1.82) is 0 Å². The summed E-state index contributed by atoms with van der Waals surface area (Å²) in [7, 11) is -1.94. The Morgan fingerprint density at radius 2 is 1.61 bits per heavy atom. The number of amides is 2. The van der Waals surface area contributed by atoms with E-state index < -0.39 is 10.0 Å². The molecule has 0 bridgehead atoms. The van der Waals surface area contributed by atoms with Crippen molar-refractivity contribution in [2.24, 2.45) is 0 Å². The van der Waals surface area contributed by atoms with Crippen molar-refractivity contribution in [3.05, 3.63) is 35.4 Å². The van der Waals surface area contributed by atoms with Gasteiger partial charge in [-0.05, 0) is 30.0 Å². The second kappa shape index (κ2) is 8.31. The molecule has 0 saturated heterocycles. The van der Waals surface area contributed by atoms with Crippen molar-refractivity contribution in [2.75, 3.05) is 25.9 Å². The van der Waals surface area contributed by atoms with Crippen LogP contribution in [0.4, 0.5) is 4.79 Å². The van der Waals surface area contributed by atoms with Crippen LogP contribution in [0.3, 0.4) is 0 Å².